The fourth-order valence-electron chi connectivity index (χ4n) is 1.65. The number of ether oxygens (including phenoxy) is 1. The average molecular weight is 348 g/mol. The Hall–Kier alpha value is -1.60. The molecular weight excluding hydrogens is 330 g/mol. The normalized spacial score (nSPS) is 14.0. The van der Waals surface area contributed by atoms with Crippen LogP contribution in [0.2, 0.25) is 0 Å². The van der Waals surface area contributed by atoms with Crippen LogP contribution in [0, 0.1) is 0 Å². The zero-order chi connectivity index (χ0) is 17.0. The summed E-state index contributed by atoms with van der Waals surface area (Å²) < 4.78 is 27.8. The van der Waals surface area contributed by atoms with Gasteiger partial charge in [-0.15, -0.1) is 11.6 Å². The number of alkyl halides is 1. The van der Waals surface area contributed by atoms with Crippen LogP contribution in [0.1, 0.15) is 24.2 Å². The Morgan fingerprint density at radius 3 is 2.27 bits per heavy atom. The van der Waals surface area contributed by atoms with Crippen LogP contribution in [0.15, 0.2) is 24.3 Å². The Kier molecular flexibility index (Phi) is 5.96. The van der Waals surface area contributed by atoms with Crippen LogP contribution in [0.25, 0.3) is 0 Å². The predicted octanol–water partition coefficient (Wildman–Crippen LogP) is 1.84. The van der Waals surface area contributed by atoms with Gasteiger partial charge in [0.2, 0.25) is 5.91 Å². The number of sulfone groups is 1. The monoisotopic (exact) mass is 347 g/mol. The van der Waals surface area contributed by atoms with Gasteiger partial charge in [-0.3, -0.25) is 4.79 Å². The predicted molar refractivity (Wildman–Crippen MR) is 85.0 cm³/mol. The lowest BCUT2D eigenvalue weighted by molar-refractivity contribution is -0.117. The molecule has 0 radical (unpaired) electrons. The van der Waals surface area contributed by atoms with Crippen LogP contribution in [0.4, 0.5) is 5.69 Å². The van der Waals surface area contributed by atoms with Gasteiger partial charge in [0.25, 0.3) is 0 Å². The fourth-order valence-corrected chi connectivity index (χ4v) is 3.36. The first-order chi connectivity index (χ1) is 10.1. The first-order valence-corrected chi connectivity index (χ1v) is 8.70. The van der Waals surface area contributed by atoms with Crippen molar-refractivity contribution in [3.05, 3.63) is 29.8 Å². The van der Waals surface area contributed by atoms with Crippen molar-refractivity contribution < 1.29 is 22.7 Å². The molecule has 0 spiro atoms. The second-order valence-electron chi connectivity index (χ2n) is 4.90. The summed E-state index contributed by atoms with van der Waals surface area (Å²) in [6.45, 7) is 2.84. The lowest BCUT2D eigenvalue weighted by Gasteiger charge is -2.20. The van der Waals surface area contributed by atoms with Gasteiger partial charge in [0.1, 0.15) is 4.87 Å². The number of esters is 1. The first-order valence-electron chi connectivity index (χ1n) is 6.50. The molecule has 1 amide bonds. The number of amides is 1. The molecule has 1 N–H and O–H groups in total. The molecule has 1 aromatic carbocycles. The summed E-state index contributed by atoms with van der Waals surface area (Å²) in [6.07, 6.45) is 0. The van der Waals surface area contributed by atoms with E-state index in [0.29, 0.717) is 11.3 Å². The van der Waals surface area contributed by atoms with Crippen LogP contribution in [-0.2, 0) is 19.4 Å². The van der Waals surface area contributed by atoms with Crippen molar-refractivity contribution in [1.82, 2.24) is 0 Å². The van der Waals surface area contributed by atoms with E-state index in [0.717, 1.165) is 0 Å². The van der Waals surface area contributed by atoms with E-state index in [1.807, 2.05) is 0 Å². The third-order valence-electron chi connectivity index (χ3n) is 2.97. The van der Waals surface area contributed by atoms with E-state index in [2.05, 4.69) is 10.1 Å². The van der Waals surface area contributed by atoms with Crippen molar-refractivity contribution in [2.75, 3.05) is 23.9 Å². The topological polar surface area (TPSA) is 89.5 Å². The summed E-state index contributed by atoms with van der Waals surface area (Å²) in [5, 5.41) is 2.53. The van der Waals surface area contributed by atoms with Crippen LogP contribution in [0.5, 0.6) is 0 Å². The van der Waals surface area contributed by atoms with Crippen molar-refractivity contribution in [2.45, 2.75) is 18.7 Å². The highest BCUT2D eigenvalue weighted by atomic mass is 35.5. The highest BCUT2D eigenvalue weighted by Crippen LogP contribution is 2.21. The maximum atomic E-state index is 12.1. The Bertz CT molecular complexity index is 652. The third-order valence-corrected chi connectivity index (χ3v) is 5.33. The van der Waals surface area contributed by atoms with E-state index in [1.54, 1.807) is 0 Å². The number of hydrogen-bond donors (Lipinski definition) is 1. The Morgan fingerprint density at radius 2 is 1.82 bits per heavy atom. The van der Waals surface area contributed by atoms with Gasteiger partial charge >= 0.3 is 5.97 Å². The highest BCUT2D eigenvalue weighted by molar-refractivity contribution is 7.91. The van der Waals surface area contributed by atoms with Gasteiger partial charge in [0, 0.05) is 11.4 Å². The second-order valence-corrected chi connectivity index (χ2v) is 8.08. The zero-order valence-electron chi connectivity index (χ0n) is 12.6. The molecule has 1 aromatic rings. The minimum atomic E-state index is -3.39. The van der Waals surface area contributed by atoms with E-state index in [1.165, 1.54) is 45.2 Å². The van der Waals surface area contributed by atoms with Gasteiger partial charge in [-0.1, -0.05) is 6.92 Å². The molecule has 0 heterocycles. The number of carbonyl (C=O) groups is 2. The van der Waals surface area contributed by atoms with E-state index in [4.69, 9.17) is 11.6 Å². The number of methoxy groups -OCH3 is 1. The Labute approximate surface area is 134 Å². The summed E-state index contributed by atoms with van der Waals surface area (Å²) in [5.74, 6) is -1.66. The molecule has 1 rings (SSSR count). The lowest BCUT2D eigenvalue weighted by atomic mass is 10.1. The smallest absolute Gasteiger partial charge is 0.337 e. The van der Waals surface area contributed by atoms with E-state index >= 15 is 0 Å². The van der Waals surface area contributed by atoms with Gasteiger partial charge in [-0.2, -0.15) is 0 Å². The molecule has 0 saturated heterocycles. The number of hydrogen-bond acceptors (Lipinski definition) is 5. The van der Waals surface area contributed by atoms with E-state index in [9.17, 15) is 18.0 Å². The lowest BCUT2D eigenvalue weighted by Crippen LogP contribution is -2.41. The fraction of sp³-hybridized carbons (Fsp3) is 0.429. The molecule has 0 saturated carbocycles. The zero-order valence-corrected chi connectivity index (χ0v) is 14.1. The van der Waals surface area contributed by atoms with Crippen LogP contribution < -0.4 is 5.32 Å². The number of rotatable bonds is 6. The Balaban J connectivity index is 2.81. The van der Waals surface area contributed by atoms with Crippen LogP contribution in [0.3, 0.4) is 0 Å². The van der Waals surface area contributed by atoms with Crippen molar-refractivity contribution >= 4 is 39.0 Å². The first kappa shape index (κ1) is 18.4. The van der Waals surface area contributed by atoms with E-state index in [-0.39, 0.29) is 5.75 Å². The number of carbonyl (C=O) groups excluding carboxylic acids is 2. The third kappa shape index (κ3) is 4.99. The maximum Gasteiger partial charge on any atom is 0.337 e. The molecule has 0 bridgehead atoms. The van der Waals surface area contributed by atoms with Crippen molar-refractivity contribution in [3.8, 4) is 0 Å². The molecule has 0 unspecified atom stereocenters. The van der Waals surface area contributed by atoms with Gasteiger partial charge in [0.15, 0.2) is 9.84 Å². The molecule has 8 heteroatoms. The van der Waals surface area contributed by atoms with Gasteiger partial charge < -0.3 is 10.1 Å². The number of halogens is 1. The van der Waals surface area contributed by atoms with Crippen molar-refractivity contribution in [1.29, 1.82) is 0 Å². The summed E-state index contributed by atoms with van der Waals surface area (Å²) in [7, 11) is -2.12. The number of anilines is 1. The van der Waals surface area contributed by atoms with Gasteiger partial charge in [0.05, 0.1) is 18.4 Å². The number of nitrogens with one attached hydrogen (secondary N) is 1. The quantitative estimate of drug-likeness (QED) is 0.626. The summed E-state index contributed by atoms with van der Waals surface area (Å²) in [4.78, 5) is 21.8. The molecule has 22 heavy (non-hydrogen) atoms. The SMILES string of the molecule is CCS(=O)(=O)C[C@](C)(Cl)C(=O)Nc1ccc(C(=O)OC)cc1. The molecule has 6 nitrogen and oxygen atoms in total. The molecule has 0 aliphatic carbocycles. The van der Waals surface area contributed by atoms with Crippen molar-refractivity contribution in [2.24, 2.45) is 0 Å². The molecule has 1 atom stereocenters. The molecule has 122 valence electrons. The maximum absolute atomic E-state index is 12.1. The standard InChI is InChI=1S/C14H18ClNO5S/c1-4-22(19,20)9-14(2,15)13(18)16-11-7-5-10(6-8-11)12(17)21-3/h5-8H,4,9H2,1-3H3,(H,16,18)/t14-/m0/s1. The van der Waals surface area contributed by atoms with Crippen LogP contribution in [-0.4, -0.2) is 43.8 Å². The summed E-state index contributed by atoms with van der Waals surface area (Å²) in [6, 6.07) is 5.97. The number of benzene rings is 1. The van der Waals surface area contributed by atoms with E-state index < -0.39 is 32.3 Å². The minimum Gasteiger partial charge on any atom is -0.465 e. The molecular formula is C14H18ClNO5S. The summed E-state index contributed by atoms with van der Waals surface area (Å²) >= 11 is 6.04. The van der Waals surface area contributed by atoms with Gasteiger partial charge in [-0.25, -0.2) is 13.2 Å². The molecule has 0 aliphatic heterocycles. The highest BCUT2D eigenvalue weighted by Gasteiger charge is 2.35. The minimum absolute atomic E-state index is 0.0869. The van der Waals surface area contributed by atoms with Crippen LogP contribution >= 0.6 is 11.6 Å². The average Bonchev–Trinajstić information content (AvgIpc) is 2.46. The molecule has 0 aromatic heterocycles. The van der Waals surface area contributed by atoms with Crippen molar-refractivity contribution in [3.63, 3.8) is 0 Å². The second kappa shape index (κ2) is 7.11. The summed E-state index contributed by atoms with van der Waals surface area (Å²) in [5.41, 5.74) is 0.737. The Morgan fingerprint density at radius 1 is 1.27 bits per heavy atom. The largest absolute Gasteiger partial charge is 0.465 e. The molecule has 0 aliphatic rings. The molecule has 0 fully saturated rings. The van der Waals surface area contributed by atoms with Gasteiger partial charge in [-0.05, 0) is 31.2 Å².